The van der Waals surface area contributed by atoms with Crippen LogP contribution < -0.4 is 22.4 Å². The van der Waals surface area contributed by atoms with Gasteiger partial charge in [0.1, 0.15) is 0 Å². The van der Waals surface area contributed by atoms with Crippen molar-refractivity contribution in [2.45, 2.75) is 4.90 Å². The molecule has 2 aromatic carbocycles. The molecule has 8 N–H and O–H groups in total. The van der Waals surface area contributed by atoms with Crippen LogP contribution in [0.15, 0.2) is 51.2 Å². The van der Waals surface area contributed by atoms with Crippen LogP contribution >= 0.6 is 0 Å². The van der Waals surface area contributed by atoms with E-state index < -0.39 is 10.0 Å². The molecular weight excluding hydrogens is 332 g/mol. The Balaban J connectivity index is 2.35. The van der Waals surface area contributed by atoms with Gasteiger partial charge in [0.25, 0.3) is 0 Å². The van der Waals surface area contributed by atoms with E-state index in [0.717, 1.165) is 0 Å². The number of primary sulfonamides is 1. The Hall–Kier alpha value is -3.11. The summed E-state index contributed by atoms with van der Waals surface area (Å²) in [5, 5.41) is 8.66. The summed E-state index contributed by atoms with van der Waals surface area (Å²) in [6, 6.07) is 9.60. The lowest BCUT2D eigenvalue weighted by atomic mass is 9.98. The van der Waals surface area contributed by atoms with E-state index in [4.69, 9.17) is 16.7 Å². The van der Waals surface area contributed by atoms with Crippen molar-refractivity contribution in [3.05, 3.63) is 52.4 Å². The number of hydrogen-bond acceptors (Lipinski definition) is 5. The van der Waals surface area contributed by atoms with Gasteiger partial charge < -0.3 is 21.5 Å². The van der Waals surface area contributed by atoms with Crippen LogP contribution in [0.3, 0.4) is 0 Å². The lowest BCUT2D eigenvalue weighted by molar-refractivity contribution is 0.597. The molecule has 0 spiro atoms. The van der Waals surface area contributed by atoms with E-state index in [-0.39, 0.29) is 22.0 Å². The number of hydrogen-bond donors (Lipinski definition) is 5. The SMILES string of the molecule is NN=C(N)c1c(-c2ccc3[nH]c(=O)[nH]c3c2)cccc1S(N)(=O)=O. The Kier molecular flexibility index (Phi) is 3.62. The Labute approximate surface area is 136 Å². The van der Waals surface area contributed by atoms with E-state index in [9.17, 15) is 13.2 Å². The number of nitrogens with zero attached hydrogens (tertiary/aromatic N) is 1. The Morgan fingerprint density at radius 2 is 1.79 bits per heavy atom. The van der Waals surface area contributed by atoms with Crippen molar-refractivity contribution in [3.8, 4) is 11.1 Å². The molecule has 10 heteroatoms. The topological polar surface area (TPSA) is 173 Å². The normalized spacial score (nSPS) is 12.6. The Morgan fingerprint density at radius 3 is 2.46 bits per heavy atom. The molecule has 3 rings (SSSR count). The number of nitrogens with two attached hydrogens (primary N) is 3. The minimum Gasteiger partial charge on any atom is -0.382 e. The minimum atomic E-state index is -4.04. The maximum atomic E-state index is 11.8. The summed E-state index contributed by atoms with van der Waals surface area (Å²) < 4.78 is 23.7. The molecule has 0 aliphatic heterocycles. The molecule has 24 heavy (non-hydrogen) atoms. The van der Waals surface area contributed by atoms with Gasteiger partial charge in [-0.1, -0.05) is 18.2 Å². The summed E-state index contributed by atoms with van der Waals surface area (Å²) in [5.41, 5.74) is 7.82. The monoisotopic (exact) mass is 346 g/mol. The van der Waals surface area contributed by atoms with E-state index in [0.29, 0.717) is 22.2 Å². The van der Waals surface area contributed by atoms with E-state index in [1.54, 1.807) is 24.3 Å². The summed E-state index contributed by atoms with van der Waals surface area (Å²) in [6.07, 6.45) is 0. The van der Waals surface area contributed by atoms with Crippen molar-refractivity contribution >= 4 is 26.9 Å². The number of fused-ring (bicyclic) bond motifs is 1. The second-order valence-electron chi connectivity index (χ2n) is 5.08. The maximum Gasteiger partial charge on any atom is 0.323 e. The van der Waals surface area contributed by atoms with Crippen LogP contribution in [0.4, 0.5) is 0 Å². The van der Waals surface area contributed by atoms with Gasteiger partial charge in [-0.2, -0.15) is 5.10 Å². The Bertz CT molecular complexity index is 1130. The molecule has 0 amide bonds. The van der Waals surface area contributed by atoms with Crippen LogP contribution in [0, 0.1) is 0 Å². The highest BCUT2D eigenvalue weighted by Crippen LogP contribution is 2.29. The molecule has 9 nitrogen and oxygen atoms in total. The molecule has 1 heterocycles. The molecule has 3 aromatic rings. The van der Waals surface area contributed by atoms with Crippen molar-refractivity contribution in [1.82, 2.24) is 9.97 Å². The zero-order valence-corrected chi connectivity index (χ0v) is 13.1. The first-order chi connectivity index (χ1) is 11.3. The number of nitrogens with one attached hydrogen (secondary N) is 2. The fraction of sp³-hybridized carbons (Fsp3) is 0. The van der Waals surface area contributed by atoms with Crippen molar-refractivity contribution in [2.75, 3.05) is 0 Å². The fourth-order valence-electron chi connectivity index (χ4n) is 2.54. The molecule has 0 aliphatic rings. The molecule has 0 aliphatic carbocycles. The average molecular weight is 346 g/mol. The number of rotatable bonds is 3. The highest BCUT2D eigenvalue weighted by molar-refractivity contribution is 7.89. The maximum absolute atomic E-state index is 11.8. The number of amidine groups is 1. The van der Waals surface area contributed by atoms with E-state index in [2.05, 4.69) is 15.1 Å². The predicted molar refractivity (Wildman–Crippen MR) is 90.6 cm³/mol. The number of imidazole rings is 1. The zero-order valence-electron chi connectivity index (χ0n) is 12.3. The third kappa shape index (κ3) is 2.64. The van der Waals surface area contributed by atoms with Gasteiger partial charge in [0.05, 0.1) is 15.9 Å². The third-order valence-electron chi connectivity index (χ3n) is 3.55. The number of aromatic amines is 2. The molecule has 0 saturated heterocycles. The van der Waals surface area contributed by atoms with Gasteiger partial charge in [0.2, 0.25) is 10.0 Å². The lowest BCUT2D eigenvalue weighted by Gasteiger charge is -2.13. The first-order valence-electron chi connectivity index (χ1n) is 6.73. The summed E-state index contributed by atoms with van der Waals surface area (Å²) in [7, 11) is -4.04. The van der Waals surface area contributed by atoms with Gasteiger partial charge in [0.15, 0.2) is 5.84 Å². The highest BCUT2D eigenvalue weighted by atomic mass is 32.2. The molecule has 124 valence electrons. The molecule has 1 aromatic heterocycles. The van der Waals surface area contributed by atoms with Crippen LogP contribution in [0.1, 0.15) is 5.56 Å². The number of hydrazone groups is 1. The second kappa shape index (κ2) is 5.51. The van der Waals surface area contributed by atoms with Gasteiger partial charge in [-0.15, -0.1) is 0 Å². The Morgan fingerprint density at radius 1 is 1.08 bits per heavy atom. The van der Waals surface area contributed by atoms with Crippen LogP contribution in [-0.4, -0.2) is 24.2 Å². The molecule has 0 bridgehead atoms. The molecule has 0 unspecified atom stereocenters. The first-order valence-corrected chi connectivity index (χ1v) is 8.28. The molecule has 0 radical (unpaired) electrons. The largest absolute Gasteiger partial charge is 0.382 e. The first kappa shape index (κ1) is 15.8. The molecular formula is C14H14N6O3S. The van der Waals surface area contributed by atoms with Crippen LogP contribution in [0.2, 0.25) is 0 Å². The van der Waals surface area contributed by atoms with Crippen LogP contribution in [-0.2, 0) is 10.0 Å². The summed E-state index contributed by atoms with van der Waals surface area (Å²) in [4.78, 5) is 16.5. The van der Waals surface area contributed by atoms with Gasteiger partial charge in [-0.25, -0.2) is 18.4 Å². The van der Waals surface area contributed by atoms with Gasteiger partial charge >= 0.3 is 5.69 Å². The quantitative estimate of drug-likeness (QED) is 0.190. The smallest absolute Gasteiger partial charge is 0.323 e. The van der Waals surface area contributed by atoms with Gasteiger partial charge in [-0.3, -0.25) is 0 Å². The molecule has 0 saturated carbocycles. The predicted octanol–water partition coefficient (Wildman–Crippen LogP) is -0.250. The zero-order chi connectivity index (χ0) is 17.5. The van der Waals surface area contributed by atoms with Crippen molar-refractivity contribution in [1.29, 1.82) is 0 Å². The lowest BCUT2D eigenvalue weighted by Crippen LogP contribution is -2.23. The summed E-state index contributed by atoms with van der Waals surface area (Å²) in [5.74, 6) is 5.06. The minimum absolute atomic E-state index is 0.111. The third-order valence-corrected chi connectivity index (χ3v) is 4.51. The number of benzene rings is 2. The number of sulfonamides is 1. The average Bonchev–Trinajstić information content (AvgIpc) is 2.91. The van der Waals surface area contributed by atoms with E-state index in [1.165, 1.54) is 12.1 Å². The standard InChI is InChI=1S/C14H14N6O3S/c15-13(20-16)12-8(2-1-3-11(12)24(17,22)23)7-4-5-9-10(6-7)19-14(21)18-9/h1-6H,16H2,(H2,15,20)(H2,17,22,23)(H2,18,19,21). The highest BCUT2D eigenvalue weighted by Gasteiger charge is 2.21. The van der Waals surface area contributed by atoms with E-state index in [1.807, 2.05) is 0 Å². The second-order valence-corrected chi connectivity index (χ2v) is 6.61. The number of aromatic nitrogens is 2. The van der Waals surface area contributed by atoms with Crippen molar-refractivity contribution in [3.63, 3.8) is 0 Å². The van der Waals surface area contributed by atoms with Gasteiger partial charge in [-0.05, 0) is 29.3 Å². The van der Waals surface area contributed by atoms with Crippen molar-refractivity contribution < 1.29 is 8.42 Å². The van der Waals surface area contributed by atoms with Gasteiger partial charge in [0, 0.05) is 5.56 Å². The summed E-state index contributed by atoms with van der Waals surface area (Å²) in [6.45, 7) is 0. The molecule has 0 fully saturated rings. The molecule has 0 atom stereocenters. The van der Waals surface area contributed by atoms with Crippen molar-refractivity contribution in [2.24, 2.45) is 21.8 Å². The van der Waals surface area contributed by atoms with Crippen LogP contribution in [0.25, 0.3) is 22.2 Å². The van der Waals surface area contributed by atoms with E-state index >= 15 is 0 Å². The number of H-pyrrole nitrogens is 2. The van der Waals surface area contributed by atoms with Crippen LogP contribution in [0.5, 0.6) is 0 Å². The summed E-state index contributed by atoms with van der Waals surface area (Å²) >= 11 is 0. The fourth-order valence-corrected chi connectivity index (χ4v) is 3.30.